The number of nitrogens with zero attached hydrogens (tertiary/aromatic N) is 1. The van der Waals surface area contributed by atoms with E-state index >= 15 is 0 Å². The molecule has 1 aromatic carbocycles. The zero-order chi connectivity index (χ0) is 11.3. The molecule has 2 nitrogen and oxygen atoms in total. The summed E-state index contributed by atoms with van der Waals surface area (Å²) in [5.41, 5.74) is 2.83. The second kappa shape index (κ2) is 5.67. The van der Waals surface area contributed by atoms with Crippen LogP contribution in [0.4, 0.5) is 5.69 Å². The maximum atomic E-state index is 8.94. The van der Waals surface area contributed by atoms with Crippen molar-refractivity contribution in [3.05, 3.63) is 29.3 Å². The SMILES string of the molecule is CSC(C)CNc1cc(C)ccc1C#N. The summed E-state index contributed by atoms with van der Waals surface area (Å²) in [7, 11) is 0. The summed E-state index contributed by atoms with van der Waals surface area (Å²) in [5.74, 6) is 0. The number of aryl methyl sites for hydroxylation is 1. The van der Waals surface area contributed by atoms with Gasteiger partial charge in [0.15, 0.2) is 0 Å². The third-order valence-corrected chi connectivity index (χ3v) is 3.25. The van der Waals surface area contributed by atoms with Crippen LogP contribution in [0.3, 0.4) is 0 Å². The molecule has 0 aliphatic heterocycles. The minimum atomic E-state index is 0.553. The molecule has 3 heteroatoms. The fraction of sp³-hybridized carbons (Fsp3) is 0.417. The van der Waals surface area contributed by atoms with Crippen molar-refractivity contribution in [1.82, 2.24) is 0 Å². The smallest absolute Gasteiger partial charge is 0.101 e. The van der Waals surface area contributed by atoms with Gasteiger partial charge in [-0.25, -0.2) is 0 Å². The maximum absolute atomic E-state index is 8.94. The Balaban J connectivity index is 2.75. The minimum Gasteiger partial charge on any atom is -0.383 e. The highest BCUT2D eigenvalue weighted by molar-refractivity contribution is 7.99. The van der Waals surface area contributed by atoms with Gasteiger partial charge >= 0.3 is 0 Å². The van der Waals surface area contributed by atoms with Gasteiger partial charge in [-0.1, -0.05) is 13.0 Å². The average molecular weight is 220 g/mol. The molecule has 1 rings (SSSR count). The zero-order valence-corrected chi connectivity index (χ0v) is 10.2. The summed E-state index contributed by atoms with van der Waals surface area (Å²) in [6, 6.07) is 8.04. The normalized spacial score (nSPS) is 11.9. The summed E-state index contributed by atoms with van der Waals surface area (Å²) in [4.78, 5) is 0. The van der Waals surface area contributed by atoms with Crippen molar-refractivity contribution in [3.63, 3.8) is 0 Å². The van der Waals surface area contributed by atoms with Gasteiger partial charge in [-0.15, -0.1) is 0 Å². The van der Waals surface area contributed by atoms with E-state index in [1.807, 2.05) is 36.9 Å². The first-order chi connectivity index (χ1) is 7.17. The predicted octanol–water partition coefficient (Wildman–Crippen LogP) is 3.03. The molecule has 0 bridgehead atoms. The van der Waals surface area contributed by atoms with Crippen LogP contribution < -0.4 is 5.32 Å². The predicted molar refractivity (Wildman–Crippen MR) is 67.4 cm³/mol. The van der Waals surface area contributed by atoms with E-state index in [9.17, 15) is 0 Å². The maximum Gasteiger partial charge on any atom is 0.101 e. The van der Waals surface area contributed by atoms with Crippen LogP contribution in [0.5, 0.6) is 0 Å². The lowest BCUT2D eigenvalue weighted by Crippen LogP contribution is -2.13. The minimum absolute atomic E-state index is 0.553. The van der Waals surface area contributed by atoms with Crippen molar-refractivity contribution in [2.45, 2.75) is 19.1 Å². The molecule has 0 heterocycles. The van der Waals surface area contributed by atoms with Gasteiger partial charge in [0.2, 0.25) is 0 Å². The molecule has 0 aromatic heterocycles. The first-order valence-corrected chi connectivity index (χ1v) is 6.23. The summed E-state index contributed by atoms with van der Waals surface area (Å²) in [6.45, 7) is 5.09. The molecule has 0 saturated carbocycles. The van der Waals surface area contributed by atoms with E-state index in [0.29, 0.717) is 10.8 Å². The Morgan fingerprint density at radius 1 is 1.53 bits per heavy atom. The van der Waals surface area contributed by atoms with Crippen LogP contribution in [-0.2, 0) is 0 Å². The molecule has 0 aliphatic rings. The van der Waals surface area contributed by atoms with Crippen LogP contribution in [0.15, 0.2) is 18.2 Å². The van der Waals surface area contributed by atoms with E-state index in [-0.39, 0.29) is 0 Å². The van der Waals surface area contributed by atoms with E-state index < -0.39 is 0 Å². The van der Waals surface area contributed by atoms with Gasteiger partial charge < -0.3 is 5.32 Å². The van der Waals surface area contributed by atoms with Gasteiger partial charge in [0.1, 0.15) is 6.07 Å². The molecular formula is C12H16N2S. The Bertz CT molecular complexity index is 368. The number of thioether (sulfide) groups is 1. The Morgan fingerprint density at radius 2 is 2.27 bits per heavy atom. The van der Waals surface area contributed by atoms with E-state index in [0.717, 1.165) is 12.2 Å². The third-order valence-electron chi connectivity index (χ3n) is 2.28. The van der Waals surface area contributed by atoms with Crippen LogP contribution in [0.1, 0.15) is 18.1 Å². The lowest BCUT2D eigenvalue weighted by atomic mass is 10.1. The Hall–Kier alpha value is -1.14. The van der Waals surface area contributed by atoms with Crippen LogP contribution in [0.2, 0.25) is 0 Å². The molecule has 15 heavy (non-hydrogen) atoms. The standard InChI is InChI=1S/C12H16N2S/c1-9-4-5-11(7-13)12(6-9)14-8-10(2)15-3/h4-6,10,14H,8H2,1-3H3. The molecule has 0 fully saturated rings. The number of rotatable bonds is 4. The third kappa shape index (κ3) is 3.49. The largest absolute Gasteiger partial charge is 0.383 e. The molecule has 0 saturated heterocycles. The summed E-state index contributed by atoms with van der Waals surface area (Å²) in [6.07, 6.45) is 2.09. The highest BCUT2D eigenvalue weighted by Crippen LogP contribution is 2.17. The Labute approximate surface area is 95.7 Å². The van der Waals surface area contributed by atoms with Gasteiger partial charge in [0.25, 0.3) is 0 Å². The van der Waals surface area contributed by atoms with Gasteiger partial charge in [0.05, 0.1) is 11.3 Å². The van der Waals surface area contributed by atoms with Crippen molar-refractivity contribution in [3.8, 4) is 6.07 Å². The molecule has 1 N–H and O–H groups in total. The lowest BCUT2D eigenvalue weighted by Gasteiger charge is -2.12. The van der Waals surface area contributed by atoms with E-state index in [4.69, 9.17) is 5.26 Å². The van der Waals surface area contributed by atoms with Crippen LogP contribution >= 0.6 is 11.8 Å². The summed E-state index contributed by atoms with van der Waals surface area (Å²) < 4.78 is 0. The molecule has 1 atom stereocenters. The lowest BCUT2D eigenvalue weighted by molar-refractivity contribution is 1.00. The monoisotopic (exact) mass is 220 g/mol. The topological polar surface area (TPSA) is 35.8 Å². The fourth-order valence-electron chi connectivity index (χ4n) is 1.24. The second-order valence-corrected chi connectivity index (χ2v) is 4.86. The highest BCUT2D eigenvalue weighted by Gasteiger charge is 2.03. The second-order valence-electron chi connectivity index (χ2n) is 3.59. The fourth-order valence-corrected chi connectivity index (χ4v) is 1.49. The Morgan fingerprint density at radius 3 is 2.87 bits per heavy atom. The number of nitriles is 1. The van der Waals surface area contributed by atoms with Crippen molar-refractivity contribution in [1.29, 1.82) is 5.26 Å². The van der Waals surface area contributed by atoms with Crippen molar-refractivity contribution < 1.29 is 0 Å². The van der Waals surface area contributed by atoms with Gasteiger partial charge in [-0.2, -0.15) is 17.0 Å². The zero-order valence-electron chi connectivity index (χ0n) is 9.37. The van der Waals surface area contributed by atoms with E-state index in [2.05, 4.69) is 24.6 Å². The molecular weight excluding hydrogens is 204 g/mol. The molecule has 0 aliphatic carbocycles. The average Bonchev–Trinajstić information content (AvgIpc) is 2.26. The first-order valence-electron chi connectivity index (χ1n) is 4.94. The molecule has 80 valence electrons. The number of nitrogens with one attached hydrogen (secondary N) is 1. The number of anilines is 1. The molecule has 0 radical (unpaired) electrons. The molecule has 1 aromatic rings. The molecule has 0 spiro atoms. The van der Waals surface area contributed by atoms with Crippen molar-refractivity contribution in [2.24, 2.45) is 0 Å². The van der Waals surface area contributed by atoms with Crippen LogP contribution in [0, 0.1) is 18.3 Å². The van der Waals surface area contributed by atoms with Crippen LogP contribution in [-0.4, -0.2) is 18.1 Å². The molecule has 0 amide bonds. The number of hydrogen-bond donors (Lipinski definition) is 1. The van der Waals surface area contributed by atoms with E-state index in [1.165, 1.54) is 5.56 Å². The van der Waals surface area contributed by atoms with Gasteiger partial charge in [-0.05, 0) is 30.9 Å². The van der Waals surface area contributed by atoms with Gasteiger partial charge in [0, 0.05) is 11.8 Å². The van der Waals surface area contributed by atoms with Crippen molar-refractivity contribution in [2.75, 3.05) is 18.1 Å². The Kier molecular flexibility index (Phi) is 4.51. The van der Waals surface area contributed by atoms with Gasteiger partial charge in [-0.3, -0.25) is 0 Å². The van der Waals surface area contributed by atoms with E-state index in [1.54, 1.807) is 0 Å². The quantitative estimate of drug-likeness (QED) is 0.847. The number of benzene rings is 1. The number of hydrogen-bond acceptors (Lipinski definition) is 3. The van der Waals surface area contributed by atoms with Crippen LogP contribution in [0.25, 0.3) is 0 Å². The first kappa shape index (κ1) is 11.9. The van der Waals surface area contributed by atoms with Crippen molar-refractivity contribution >= 4 is 17.4 Å². The highest BCUT2D eigenvalue weighted by atomic mass is 32.2. The summed E-state index contributed by atoms with van der Waals surface area (Å²) >= 11 is 1.82. The summed E-state index contributed by atoms with van der Waals surface area (Å²) in [5, 5.41) is 12.8. The molecule has 1 unspecified atom stereocenters.